The first-order valence-electron chi connectivity index (χ1n) is 19.5. The second-order valence-corrected chi connectivity index (χ2v) is 13.3. The third-order valence-corrected chi connectivity index (χ3v) is 9.79. The Labute approximate surface area is 332 Å². The summed E-state index contributed by atoms with van der Waals surface area (Å²) < 4.78 is 2.39. The highest BCUT2D eigenvalue weighted by atomic mass is 15.1. The van der Waals surface area contributed by atoms with Crippen LogP contribution in [-0.4, -0.2) is 11.6 Å². The van der Waals surface area contributed by atoms with Crippen LogP contribution in [-0.2, 0) is 0 Å². The zero-order valence-electron chi connectivity index (χ0n) is 33.4. The summed E-state index contributed by atoms with van der Waals surface area (Å²) in [5, 5.41) is 5.47. The average Bonchev–Trinajstić information content (AvgIpc) is 3.59. The van der Waals surface area contributed by atoms with Crippen LogP contribution in [0.3, 0.4) is 0 Å². The number of allylic oxidation sites excluding steroid dienone is 4. The minimum Gasteiger partial charge on any atom is -0.397 e. The normalized spacial score (nSPS) is 11.1. The fourth-order valence-electron chi connectivity index (χ4n) is 7.02. The predicted molar refractivity (Wildman–Crippen MR) is 246 cm³/mol. The van der Waals surface area contributed by atoms with Crippen molar-refractivity contribution >= 4 is 55.8 Å². The lowest BCUT2D eigenvalue weighted by Crippen LogP contribution is -2.10. The first-order valence-corrected chi connectivity index (χ1v) is 19.5. The van der Waals surface area contributed by atoms with Gasteiger partial charge in [-0.1, -0.05) is 141 Å². The molecule has 4 heteroatoms. The predicted octanol–water partition coefficient (Wildman–Crippen LogP) is 14.5. The summed E-state index contributed by atoms with van der Waals surface area (Å²) in [6.07, 6.45) is 6.41. The van der Waals surface area contributed by atoms with E-state index in [1.807, 2.05) is 45.2 Å². The van der Waals surface area contributed by atoms with Gasteiger partial charge in [-0.15, -0.1) is 0 Å². The van der Waals surface area contributed by atoms with Crippen molar-refractivity contribution in [2.24, 2.45) is 0 Å². The van der Waals surface area contributed by atoms with Crippen LogP contribution in [0.1, 0.15) is 38.8 Å². The molecule has 8 aromatic rings. The summed E-state index contributed by atoms with van der Waals surface area (Å²) in [5.74, 6) is 0. The Morgan fingerprint density at radius 1 is 0.589 bits per heavy atom. The fraction of sp³-hybridized carbons (Fsp3) is 0.115. The lowest BCUT2D eigenvalue weighted by molar-refractivity contribution is 1.17. The minimum absolute atomic E-state index is 0.792. The van der Waals surface area contributed by atoms with E-state index in [1.165, 1.54) is 49.6 Å². The Kier molecular flexibility index (Phi) is 12.9. The minimum atomic E-state index is 0.792. The number of anilines is 5. The highest BCUT2D eigenvalue weighted by Gasteiger charge is 2.18. The number of nitrogens with zero attached hydrogens (tertiary/aromatic N) is 2. The summed E-state index contributed by atoms with van der Waals surface area (Å²) in [7, 11) is 1.85. The second-order valence-electron chi connectivity index (χ2n) is 13.3. The van der Waals surface area contributed by atoms with Crippen molar-refractivity contribution in [2.75, 3.05) is 23.0 Å². The quantitative estimate of drug-likeness (QED) is 0.121. The van der Waals surface area contributed by atoms with E-state index in [2.05, 4.69) is 199 Å². The Balaban J connectivity index is 0.000000422. The Morgan fingerprint density at radius 2 is 1.16 bits per heavy atom. The van der Waals surface area contributed by atoms with Gasteiger partial charge in [-0.2, -0.15) is 0 Å². The molecule has 0 saturated carbocycles. The van der Waals surface area contributed by atoms with Crippen molar-refractivity contribution in [3.05, 3.63) is 199 Å². The van der Waals surface area contributed by atoms with Crippen LogP contribution in [0.4, 0.5) is 28.4 Å². The van der Waals surface area contributed by atoms with Crippen molar-refractivity contribution < 1.29 is 0 Å². The summed E-state index contributed by atoms with van der Waals surface area (Å²) in [6.45, 7) is 10.3. The molecule has 0 fully saturated rings. The number of nitrogen functional groups attached to an aromatic ring is 1. The molecule has 4 nitrogen and oxygen atoms in total. The highest BCUT2D eigenvalue weighted by Crippen LogP contribution is 2.40. The maximum atomic E-state index is 5.57. The maximum absolute atomic E-state index is 5.57. The Morgan fingerprint density at radius 3 is 1.79 bits per heavy atom. The number of aryl methyl sites for hydroxylation is 1. The van der Waals surface area contributed by atoms with Gasteiger partial charge in [0.05, 0.1) is 22.4 Å². The molecule has 0 amide bonds. The van der Waals surface area contributed by atoms with Gasteiger partial charge in [0.15, 0.2) is 0 Å². The molecular weight excluding hydrogens is 681 g/mol. The number of fused-ring (bicyclic) bond motifs is 3. The largest absolute Gasteiger partial charge is 0.397 e. The van der Waals surface area contributed by atoms with Crippen LogP contribution in [0, 0.1) is 6.92 Å². The first kappa shape index (κ1) is 38.9. The summed E-state index contributed by atoms with van der Waals surface area (Å²) >= 11 is 0. The molecule has 0 aliphatic heterocycles. The van der Waals surface area contributed by atoms with Crippen molar-refractivity contribution in [2.45, 2.75) is 34.6 Å². The fourth-order valence-corrected chi connectivity index (χ4v) is 7.02. The van der Waals surface area contributed by atoms with E-state index in [-0.39, 0.29) is 0 Å². The van der Waals surface area contributed by atoms with Gasteiger partial charge in [-0.25, -0.2) is 0 Å². The Hall–Kier alpha value is -6.78. The molecule has 56 heavy (non-hydrogen) atoms. The van der Waals surface area contributed by atoms with Crippen LogP contribution >= 0.6 is 0 Å². The number of aromatic nitrogens is 1. The van der Waals surface area contributed by atoms with E-state index in [0.717, 1.165) is 34.1 Å². The van der Waals surface area contributed by atoms with Gasteiger partial charge in [0.25, 0.3) is 0 Å². The molecule has 3 N–H and O–H groups in total. The molecule has 1 aromatic heterocycles. The van der Waals surface area contributed by atoms with E-state index < -0.39 is 0 Å². The number of hydrogen-bond donors (Lipinski definition) is 2. The lowest BCUT2D eigenvalue weighted by atomic mass is 10.0. The van der Waals surface area contributed by atoms with Gasteiger partial charge in [0, 0.05) is 40.6 Å². The molecule has 1 heterocycles. The highest BCUT2D eigenvalue weighted by molar-refractivity contribution is 6.10. The average molecular weight is 733 g/mol. The van der Waals surface area contributed by atoms with Gasteiger partial charge in [0.2, 0.25) is 0 Å². The van der Waals surface area contributed by atoms with Crippen LogP contribution in [0.2, 0.25) is 0 Å². The Bertz CT molecular complexity index is 2540. The topological polar surface area (TPSA) is 46.2 Å². The molecule has 0 saturated heterocycles. The molecule has 280 valence electrons. The van der Waals surface area contributed by atoms with Gasteiger partial charge >= 0.3 is 0 Å². The van der Waals surface area contributed by atoms with Crippen molar-refractivity contribution in [1.29, 1.82) is 0 Å². The second kappa shape index (κ2) is 18.5. The molecular formula is C52H52N4. The zero-order chi connectivity index (χ0) is 39.4. The zero-order valence-corrected chi connectivity index (χ0v) is 33.4. The van der Waals surface area contributed by atoms with Gasteiger partial charge < -0.3 is 20.5 Å². The van der Waals surface area contributed by atoms with E-state index in [1.54, 1.807) is 0 Å². The van der Waals surface area contributed by atoms with Crippen LogP contribution in [0.5, 0.6) is 0 Å². The van der Waals surface area contributed by atoms with E-state index >= 15 is 0 Å². The SMILES string of the molecule is C/C=C\C(=C/C)c1ccc(N(c2ccc(-c3ccccc3)cc2)c2ccc3c4ccccc4n(-c4ccc(C)cc4)c3c2)cc1.CC.CNc1ccccc1N. The molecule has 8 rings (SSSR count). The maximum Gasteiger partial charge on any atom is 0.0571 e. The van der Waals surface area contributed by atoms with Crippen LogP contribution < -0.4 is 16.0 Å². The number of para-hydroxylation sites is 3. The van der Waals surface area contributed by atoms with Crippen molar-refractivity contribution in [3.63, 3.8) is 0 Å². The van der Waals surface area contributed by atoms with Crippen molar-refractivity contribution in [3.8, 4) is 16.8 Å². The number of benzene rings is 7. The van der Waals surface area contributed by atoms with Crippen LogP contribution in [0.25, 0.3) is 44.2 Å². The van der Waals surface area contributed by atoms with Gasteiger partial charge in [-0.3, -0.25) is 0 Å². The first-order chi connectivity index (χ1) is 27.5. The van der Waals surface area contributed by atoms with Gasteiger partial charge in [0.1, 0.15) is 0 Å². The summed E-state index contributed by atoms with van der Waals surface area (Å²) in [4.78, 5) is 2.36. The molecule has 0 aliphatic rings. The summed E-state index contributed by atoms with van der Waals surface area (Å²) in [6, 6.07) is 60.4. The van der Waals surface area contributed by atoms with E-state index in [9.17, 15) is 0 Å². The van der Waals surface area contributed by atoms with Gasteiger partial charge in [-0.05, 0) is 110 Å². The van der Waals surface area contributed by atoms with Crippen molar-refractivity contribution in [1.82, 2.24) is 4.57 Å². The number of hydrogen-bond acceptors (Lipinski definition) is 3. The van der Waals surface area contributed by atoms with E-state index in [0.29, 0.717) is 0 Å². The lowest BCUT2D eigenvalue weighted by Gasteiger charge is -2.26. The summed E-state index contributed by atoms with van der Waals surface area (Å²) in [5.41, 5.74) is 20.3. The molecule has 0 spiro atoms. The van der Waals surface area contributed by atoms with Crippen LogP contribution in [0.15, 0.2) is 188 Å². The van der Waals surface area contributed by atoms with E-state index in [4.69, 9.17) is 5.73 Å². The molecule has 0 aliphatic carbocycles. The standard InChI is InChI=1S/C43H36N2.C7H10N2.C2H6/c1-4-11-32(5-2)34-18-24-36(25-19-34)44(37-26-20-35(21-27-37)33-12-7-6-8-13-33)39-28-29-41-40-14-9-10-15-42(40)45(43(41)30-39)38-22-16-31(3)17-23-38;1-9-7-5-3-2-4-6(7)8;1-2/h4-30H,1-3H3;2-5,9H,8H2,1H3;1-2H3/b11-4-,32-5+;;. The monoisotopic (exact) mass is 732 g/mol. The molecule has 0 atom stereocenters. The smallest absolute Gasteiger partial charge is 0.0571 e. The molecule has 7 aromatic carbocycles. The number of nitrogens with two attached hydrogens (primary N) is 1. The molecule has 0 bridgehead atoms. The third-order valence-electron chi connectivity index (χ3n) is 9.79. The third kappa shape index (κ3) is 8.46. The molecule has 0 radical (unpaired) electrons. The number of nitrogens with one attached hydrogen (secondary N) is 1. The number of rotatable bonds is 8. The molecule has 0 unspecified atom stereocenters.